The first-order valence-electron chi connectivity index (χ1n) is 6.14. The number of hydroxylamine groups is 1. The van der Waals surface area contributed by atoms with Crippen molar-refractivity contribution in [3.8, 4) is 11.5 Å². The van der Waals surface area contributed by atoms with E-state index in [-0.39, 0.29) is 5.75 Å². The van der Waals surface area contributed by atoms with Gasteiger partial charge in [0.1, 0.15) is 0 Å². The number of phenolic OH excluding ortho intramolecular Hbond substituents is 1. The summed E-state index contributed by atoms with van der Waals surface area (Å²) in [6.07, 6.45) is 0. The van der Waals surface area contributed by atoms with Gasteiger partial charge in [0, 0.05) is 6.54 Å². The summed E-state index contributed by atoms with van der Waals surface area (Å²) >= 11 is 3.28. The van der Waals surface area contributed by atoms with Crippen LogP contribution in [0.15, 0.2) is 46.9 Å². The first kappa shape index (κ1) is 14.8. The third-order valence-electron chi connectivity index (χ3n) is 2.77. The highest BCUT2D eigenvalue weighted by Crippen LogP contribution is 2.35. The van der Waals surface area contributed by atoms with Crippen molar-refractivity contribution in [3.63, 3.8) is 0 Å². The molecular formula is C15H16BrNO3. The molecule has 2 rings (SSSR count). The van der Waals surface area contributed by atoms with Gasteiger partial charge in [-0.3, -0.25) is 4.84 Å². The monoisotopic (exact) mass is 337 g/mol. The Kier molecular flexibility index (Phi) is 5.40. The van der Waals surface area contributed by atoms with Crippen molar-refractivity contribution in [2.75, 3.05) is 7.11 Å². The van der Waals surface area contributed by atoms with Crippen molar-refractivity contribution in [2.24, 2.45) is 0 Å². The predicted octanol–water partition coefficient (Wildman–Crippen LogP) is 3.38. The van der Waals surface area contributed by atoms with Gasteiger partial charge in [-0.05, 0) is 39.2 Å². The minimum absolute atomic E-state index is 0.0986. The molecule has 0 unspecified atom stereocenters. The molecule has 0 aliphatic heterocycles. The fourth-order valence-corrected chi connectivity index (χ4v) is 2.22. The lowest BCUT2D eigenvalue weighted by molar-refractivity contribution is 0.0234. The van der Waals surface area contributed by atoms with Crippen LogP contribution in [0.1, 0.15) is 11.1 Å². The molecule has 0 spiro atoms. The zero-order valence-corrected chi connectivity index (χ0v) is 12.7. The smallest absolute Gasteiger partial charge is 0.172 e. The number of benzene rings is 2. The van der Waals surface area contributed by atoms with Gasteiger partial charge in [-0.25, -0.2) is 0 Å². The molecule has 0 radical (unpaired) electrons. The summed E-state index contributed by atoms with van der Waals surface area (Å²) in [5.74, 6) is 0.528. The number of aromatic hydroxyl groups is 1. The van der Waals surface area contributed by atoms with Crippen molar-refractivity contribution in [3.05, 3.63) is 58.1 Å². The van der Waals surface area contributed by atoms with Gasteiger partial charge in [0.15, 0.2) is 11.5 Å². The Bertz CT molecular complexity index is 561. The van der Waals surface area contributed by atoms with Crippen LogP contribution < -0.4 is 10.2 Å². The van der Waals surface area contributed by atoms with Crippen LogP contribution in [-0.4, -0.2) is 12.2 Å². The third kappa shape index (κ3) is 3.96. The van der Waals surface area contributed by atoms with Gasteiger partial charge in [0.25, 0.3) is 0 Å². The maximum absolute atomic E-state index is 9.72. The summed E-state index contributed by atoms with van der Waals surface area (Å²) in [5, 5.41) is 9.72. The maximum atomic E-state index is 9.72. The number of methoxy groups -OCH3 is 1. The fourth-order valence-electron chi connectivity index (χ4n) is 1.73. The van der Waals surface area contributed by atoms with Crippen LogP contribution in [0.3, 0.4) is 0 Å². The maximum Gasteiger partial charge on any atom is 0.172 e. The molecule has 2 N–H and O–H groups in total. The summed E-state index contributed by atoms with van der Waals surface area (Å²) in [5.41, 5.74) is 4.94. The van der Waals surface area contributed by atoms with Crippen LogP contribution in [0.25, 0.3) is 0 Å². The minimum Gasteiger partial charge on any atom is -0.503 e. The number of ether oxygens (including phenoxy) is 1. The largest absolute Gasteiger partial charge is 0.503 e. The Morgan fingerprint density at radius 3 is 2.60 bits per heavy atom. The molecule has 4 nitrogen and oxygen atoms in total. The van der Waals surface area contributed by atoms with Crippen LogP contribution >= 0.6 is 15.9 Å². The summed E-state index contributed by atoms with van der Waals surface area (Å²) < 4.78 is 5.69. The number of phenols is 1. The second kappa shape index (κ2) is 7.28. The van der Waals surface area contributed by atoms with Gasteiger partial charge in [-0.1, -0.05) is 30.3 Å². The summed E-state index contributed by atoms with van der Waals surface area (Å²) in [4.78, 5) is 5.40. The molecule has 0 saturated heterocycles. The number of halogens is 1. The van der Waals surface area contributed by atoms with E-state index in [1.807, 2.05) is 36.4 Å². The van der Waals surface area contributed by atoms with Gasteiger partial charge >= 0.3 is 0 Å². The normalized spacial score (nSPS) is 10.5. The molecule has 106 valence electrons. The molecule has 0 fully saturated rings. The first-order valence-corrected chi connectivity index (χ1v) is 6.94. The van der Waals surface area contributed by atoms with E-state index in [0.717, 1.165) is 11.1 Å². The van der Waals surface area contributed by atoms with Crippen molar-refractivity contribution >= 4 is 15.9 Å². The van der Waals surface area contributed by atoms with E-state index >= 15 is 0 Å². The fraction of sp³-hybridized carbons (Fsp3) is 0.200. The lowest BCUT2D eigenvalue weighted by Crippen LogP contribution is -2.14. The number of nitrogens with one attached hydrogen (secondary N) is 1. The van der Waals surface area contributed by atoms with E-state index in [1.54, 1.807) is 6.07 Å². The Balaban J connectivity index is 1.87. The second-order valence-electron chi connectivity index (χ2n) is 4.22. The molecule has 0 aliphatic carbocycles. The summed E-state index contributed by atoms with van der Waals surface area (Å²) in [7, 11) is 1.52. The van der Waals surface area contributed by atoms with Crippen molar-refractivity contribution < 1.29 is 14.7 Å². The van der Waals surface area contributed by atoms with Crippen LogP contribution in [0, 0.1) is 0 Å². The lowest BCUT2D eigenvalue weighted by atomic mass is 10.2. The number of hydrogen-bond acceptors (Lipinski definition) is 4. The van der Waals surface area contributed by atoms with Gasteiger partial charge in [0.05, 0.1) is 18.2 Å². The Hall–Kier alpha value is -1.56. The van der Waals surface area contributed by atoms with Crippen molar-refractivity contribution in [2.45, 2.75) is 13.2 Å². The minimum atomic E-state index is 0.0986. The highest BCUT2D eigenvalue weighted by Gasteiger charge is 2.08. The standard InChI is InChI=1S/C15H16BrNO3/c1-19-14-8-12(7-13(16)15(14)18)9-17-20-10-11-5-3-2-4-6-11/h2-8,17-18H,9-10H2,1H3. The zero-order chi connectivity index (χ0) is 14.4. The van der Waals surface area contributed by atoms with Crippen LogP contribution in [-0.2, 0) is 18.0 Å². The molecule has 20 heavy (non-hydrogen) atoms. The van der Waals surface area contributed by atoms with E-state index in [0.29, 0.717) is 23.4 Å². The molecule has 2 aromatic carbocycles. The highest BCUT2D eigenvalue weighted by atomic mass is 79.9. The van der Waals surface area contributed by atoms with Gasteiger partial charge in [-0.2, -0.15) is 5.48 Å². The van der Waals surface area contributed by atoms with Crippen molar-refractivity contribution in [1.29, 1.82) is 0 Å². The van der Waals surface area contributed by atoms with Crippen molar-refractivity contribution in [1.82, 2.24) is 5.48 Å². The van der Waals surface area contributed by atoms with E-state index in [1.165, 1.54) is 7.11 Å². The Morgan fingerprint density at radius 2 is 1.90 bits per heavy atom. The van der Waals surface area contributed by atoms with Crippen LogP contribution in [0.4, 0.5) is 0 Å². The van der Waals surface area contributed by atoms with Crippen LogP contribution in [0.5, 0.6) is 11.5 Å². The molecule has 0 heterocycles. The molecule has 5 heteroatoms. The summed E-state index contributed by atoms with van der Waals surface area (Å²) in [6, 6.07) is 13.5. The number of rotatable bonds is 6. The SMILES string of the molecule is COc1cc(CNOCc2ccccc2)cc(Br)c1O. The van der Waals surface area contributed by atoms with E-state index in [9.17, 15) is 5.11 Å². The summed E-state index contributed by atoms with van der Waals surface area (Å²) in [6.45, 7) is 1.01. The van der Waals surface area contributed by atoms with E-state index < -0.39 is 0 Å². The quantitative estimate of drug-likeness (QED) is 0.626. The molecule has 0 saturated carbocycles. The average molecular weight is 338 g/mol. The van der Waals surface area contributed by atoms with E-state index in [4.69, 9.17) is 9.57 Å². The van der Waals surface area contributed by atoms with E-state index in [2.05, 4.69) is 21.4 Å². The molecule has 0 amide bonds. The number of hydrogen-bond donors (Lipinski definition) is 2. The molecule has 2 aromatic rings. The van der Waals surface area contributed by atoms with Crippen LogP contribution in [0.2, 0.25) is 0 Å². The molecule has 0 aliphatic rings. The third-order valence-corrected chi connectivity index (χ3v) is 3.37. The topological polar surface area (TPSA) is 50.7 Å². The van der Waals surface area contributed by atoms with Gasteiger partial charge in [-0.15, -0.1) is 0 Å². The lowest BCUT2D eigenvalue weighted by Gasteiger charge is -2.10. The molecular weight excluding hydrogens is 322 g/mol. The average Bonchev–Trinajstić information content (AvgIpc) is 2.48. The van der Waals surface area contributed by atoms with Gasteiger partial charge in [0.2, 0.25) is 0 Å². The molecule has 0 bridgehead atoms. The highest BCUT2D eigenvalue weighted by molar-refractivity contribution is 9.10. The molecule has 0 aromatic heterocycles. The second-order valence-corrected chi connectivity index (χ2v) is 5.08. The first-order chi connectivity index (χ1) is 9.70. The Labute approximate surface area is 126 Å². The van der Waals surface area contributed by atoms with Gasteiger partial charge < -0.3 is 9.84 Å². The zero-order valence-electron chi connectivity index (χ0n) is 11.1. The molecule has 0 atom stereocenters. The Morgan fingerprint density at radius 1 is 1.15 bits per heavy atom. The predicted molar refractivity (Wildman–Crippen MR) is 80.4 cm³/mol.